The molecule has 0 aliphatic heterocycles. The molecule has 0 unspecified atom stereocenters. The second-order valence-electron chi connectivity index (χ2n) is 2.18. The SMILES string of the molecule is C=CC(=O)OCC.Cl.Cn1ccnc1. The lowest BCUT2D eigenvalue weighted by Crippen LogP contribution is -1.97. The molecular formula is C9H15ClN2O2. The van der Waals surface area contributed by atoms with Gasteiger partial charge in [0.15, 0.2) is 0 Å². The predicted octanol–water partition coefficient (Wildman–Crippen LogP) is 1.58. The molecule has 0 atom stereocenters. The van der Waals surface area contributed by atoms with Gasteiger partial charge < -0.3 is 9.30 Å². The van der Waals surface area contributed by atoms with Crippen molar-refractivity contribution >= 4 is 18.4 Å². The van der Waals surface area contributed by atoms with Crippen LogP contribution in [0.5, 0.6) is 0 Å². The van der Waals surface area contributed by atoms with Gasteiger partial charge in [0.2, 0.25) is 0 Å². The lowest BCUT2D eigenvalue weighted by molar-refractivity contribution is -0.137. The van der Waals surface area contributed by atoms with Gasteiger partial charge in [-0.05, 0) is 6.92 Å². The van der Waals surface area contributed by atoms with Gasteiger partial charge in [-0.3, -0.25) is 0 Å². The molecule has 0 spiro atoms. The number of carbonyl (C=O) groups is 1. The fourth-order valence-corrected chi connectivity index (χ4v) is 0.527. The van der Waals surface area contributed by atoms with Gasteiger partial charge in [-0.15, -0.1) is 12.4 Å². The molecule has 0 aromatic carbocycles. The van der Waals surface area contributed by atoms with E-state index in [0.717, 1.165) is 6.08 Å². The van der Waals surface area contributed by atoms with Gasteiger partial charge in [-0.25, -0.2) is 9.78 Å². The minimum absolute atomic E-state index is 0. The highest BCUT2D eigenvalue weighted by Crippen LogP contribution is 1.74. The van der Waals surface area contributed by atoms with Crippen LogP contribution in [0.3, 0.4) is 0 Å². The van der Waals surface area contributed by atoms with E-state index in [0.29, 0.717) is 6.61 Å². The van der Waals surface area contributed by atoms with Gasteiger partial charge in [0.25, 0.3) is 0 Å². The van der Waals surface area contributed by atoms with Crippen molar-refractivity contribution in [1.82, 2.24) is 9.55 Å². The van der Waals surface area contributed by atoms with Gasteiger partial charge in [0.1, 0.15) is 0 Å². The van der Waals surface area contributed by atoms with Crippen molar-refractivity contribution in [1.29, 1.82) is 0 Å². The average molecular weight is 219 g/mol. The lowest BCUT2D eigenvalue weighted by atomic mass is 10.6. The Hall–Kier alpha value is -1.29. The van der Waals surface area contributed by atoms with E-state index in [-0.39, 0.29) is 18.4 Å². The molecule has 0 saturated heterocycles. The number of ether oxygens (including phenoxy) is 1. The summed E-state index contributed by atoms with van der Waals surface area (Å²) >= 11 is 0. The van der Waals surface area contributed by atoms with E-state index in [4.69, 9.17) is 0 Å². The first-order chi connectivity index (χ1) is 6.20. The van der Waals surface area contributed by atoms with Crippen LogP contribution in [0.1, 0.15) is 6.92 Å². The van der Waals surface area contributed by atoms with Gasteiger partial charge in [0.05, 0.1) is 12.9 Å². The smallest absolute Gasteiger partial charge is 0.330 e. The van der Waals surface area contributed by atoms with Crippen molar-refractivity contribution < 1.29 is 9.53 Å². The fourth-order valence-electron chi connectivity index (χ4n) is 0.527. The lowest BCUT2D eigenvalue weighted by Gasteiger charge is -1.90. The van der Waals surface area contributed by atoms with Crippen LogP contribution in [0.2, 0.25) is 0 Å². The van der Waals surface area contributed by atoms with Crippen LogP contribution in [-0.4, -0.2) is 22.1 Å². The number of imidazole rings is 1. The number of halogens is 1. The van der Waals surface area contributed by atoms with E-state index in [1.165, 1.54) is 0 Å². The van der Waals surface area contributed by atoms with Crippen LogP contribution in [0.4, 0.5) is 0 Å². The maximum absolute atomic E-state index is 10.1. The van der Waals surface area contributed by atoms with Crippen molar-refractivity contribution in [2.45, 2.75) is 6.92 Å². The minimum Gasteiger partial charge on any atom is -0.463 e. The zero-order valence-electron chi connectivity index (χ0n) is 8.34. The van der Waals surface area contributed by atoms with E-state index < -0.39 is 0 Å². The first-order valence-corrected chi connectivity index (χ1v) is 3.91. The van der Waals surface area contributed by atoms with E-state index in [2.05, 4.69) is 16.3 Å². The highest BCUT2D eigenvalue weighted by molar-refractivity contribution is 5.85. The van der Waals surface area contributed by atoms with Crippen LogP contribution < -0.4 is 0 Å². The third kappa shape index (κ3) is 8.80. The number of nitrogens with zero attached hydrogens (tertiary/aromatic N) is 2. The fraction of sp³-hybridized carbons (Fsp3) is 0.333. The molecule has 0 radical (unpaired) electrons. The number of esters is 1. The number of carbonyl (C=O) groups excluding carboxylic acids is 1. The van der Waals surface area contributed by atoms with Crippen molar-refractivity contribution in [2.75, 3.05) is 6.61 Å². The molecule has 0 amide bonds. The minimum atomic E-state index is -0.359. The quantitative estimate of drug-likeness (QED) is 0.559. The van der Waals surface area contributed by atoms with Crippen molar-refractivity contribution in [3.63, 3.8) is 0 Å². The second kappa shape index (κ2) is 9.80. The molecule has 1 rings (SSSR count). The summed E-state index contributed by atoms with van der Waals surface area (Å²) < 4.78 is 6.32. The zero-order valence-corrected chi connectivity index (χ0v) is 9.16. The van der Waals surface area contributed by atoms with Gasteiger partial charge in [-0.1, -0.05) is 6.58 Å². The van der Waals surface area contributed by atoms with Crippen molar-refractivity contribution in [2.24, 2.45) is 7.05 Å². The number of hydrogen-bond donors (Lipinski definition) is 0. The number of aromatic nitrogens is 2. The maximum Gasteiger partial charge on any atom is 0.330 e. The summed E-state index contributed by atoms with van der Waals surface area (Å²) in [7, 11) is 1.94. The summed E-state index contributed by atoms with van der Waals surface area (Å²) in [5, 5.41) is 0. The number of hydrogen-bond acceptors (Lipinski definition) is 3. The van der Waals surface area contributed by atoms with E-state index in [1.54, 1.807) is 19.4 Å². The molecule has 4 nitrogen and oxygen atoms in total. The van der Waals surface area contributed by atoms with E-state index >= 15 is 0 Å². The monoisotopic (exact) mass is 218 g/mol. The first-order valence-electron chi connectivity index (χ1n) is 3.91. The molecule has 0 aliphatic carbocycles. The summed E-state index contributed by atoms with van der Waals surface area (Å²) in [5.74, 6) is -0.359. The van der Waals surface area contributed by atoms with Gasteiger partial charge >= 0.3 is 5.97 Å². The molecule has 0 N–H and O–H groups in total. The van der Waals surface area contributed by atoms with Crippen LogP contribution >= 0.6 is 12.4 Å². The predicted molar refractivity (Wildman–Crippen MR) is 57.3 cm³/mol. The Kier molecular flexibility index (Phi) is 10.6. The first kappa shape index (κ1) is 15.2. The Morgan fingerprint density at radius 2 is 2.36 bits per heavy atom. The number of rotatable bonds is 2. The number of aryl methyl sites for hydroxylation is 1. The maximum atomic E-state index is 10.1. The van der Waals surface area contributed by atoms with E-state index in [1.807, 2.05) is 17.8 Å². The Labute approximate surface area is 90.0 Å². The molecule has 80 valence electrons. The largest absolute Gasteiger partial charge is 0.463 e. The summed E-state index contributed by atoms with van der Waals surface area (Å²) in [6, 6.07) is 0. The van der Waals surface area contributed by atoms with Crippen molar-refractivity contribution in [3.05, 3.63) is 31.4 Å². The third-order valence-electron chi connectivity index (χ3n) is 1.09. The third-order valence-corrected chi connectivity index (χ3v) is 1.09. The van der Waals surface area contributed by atoms with Crippen LogP contribution in [0.15, 0.2) is 31.4 Å². The second-order valence-corrected chi connectivity index (χ2v) is 2.18. The average Bonchev–Trinajstić information content (AvgIpc) is 2.57. The molecule has 0 bridgehead atoms. The molecular weight excluding hydrogens is 204 g/mol. The normalized spacial score (nSPS) is 7.57. The summed E-state index contributed by atoms with van der Waals surface area (Å²) in [4.78, 5) is 13.9. The Balaban J connectivity index is 0. The molecule has 0 saturated carbocycles. The zero-order chi connectivity index (χ0) is 10.1. The molecule has 0 aliphatic rings. The van der Waals surface area contributed by atoms with Crippen LogP contribution in [0.25, 0.3) is 0 Å². The summed E-state index contributed by atoms with van der Waals surface area (Å²) in [6.07, 6.45) is 6.53. The molecule has 1 heterocycles. The van der Waals surface area contributed by atoms with Gasteiger partial charge in [0, 0.05) is 25.5 Å². The summed E-state index contributed by atoms with van der Waals surface area (Å²) in [5.41, 5.74) is 0. The summed E-state index contributed by atoms with van der Waals surface area (Å²) in [6.45, 7) is 5.38. The van der Waals surface area contributed by atoms with Crippen molar-refractivity contribution in [3.8, 4) is 0 Å². The Bertz CT molecular complexity index is 247. The molecule has 1 aromatic heterocycles. The van der Waals surface area contributed by atoms with E-state index in [9.17, 15) is 4.79 Å². The molecule has 0 fully saturated rings. The van der Waals surface area contributed by atoms with Gasteiger partial charge in [-0.2, -0.15) is 0 Å². The molecule has 14 heavy (non-hydrogen) atoms. The Morgan fingerprint density at radius 3 is 2.50 bits per heavy atom. The van der Waals surface area contributed by atoms with Crippen LogP contribution in [-0.2, 0) is 16.6 Å². The molecule has 5 heteroatoms. The highest BCUT2D eigenvalue weighted by atomic mass is 35.5. The highest BCUT2D eigenvalue weighted by Gasteiger charge is 1.86. The van der Waals surface area contributed by atoms with Crippen LogP contribution in [0, 0.1) is 0 Å². The topological polar surface area (TPSA) is 44.1 Å². The standard InChI is InChI=1S/C5H8O2.C4H6N2.ClH/c1-3-5(6)7-4-2;1-6-3-2-5-4-6;/h3H,1,4H2,2H3;2-4H,1H3;1H. The molecule has 1 aromatic rings. The Morgan fingerprint density at radius 1 is 1.71 bits per heavy atom.